The Labute approximate surface area is 123 Å². The van der Waals surface area contributed by atoms with Gasteiger partial charge in [-0.3, -0.25) is 0 Å². The number of hydrogen-bond acceptors (Lipinski definition) is 3. The van der Waals surface area contributed by atoms with E-state index in [1.54, 1.807) is 7.11 Å². The van der Waals surface area contributed by atoms with Crippen LogP contribution in [0.5, 0.6) is 5.88 Å². The van der Waals surface area contributed by atoms with E-state index in [0.29, 0.717) is 22.8 Å². The minimum Gasteiger partial charge on any atom is -0.481 e. The second-order valence-corrected chi connectivity index (χ2v) is 7.70. The number of rotatable bonds is 4. The first-order valence-corrected chi connectivity index (χ1v) is 7.52. The Morgan fingerprint density at radius 2 is 1.85 bits per heavy atom. The monoisotopic (exact) mass is 276 g/mol. The zero-order chi connectivity index (χ0) is 14.8. The lowest BCUT2D eigenvalue weighted by molar-refractivity contribution is 0.0845. The van der Waals surface area contributed by atoms with Crippen molar-refractivity contribution in [3.05, 3.63) is 23.9 Å². The summed E-state index contributed by atoms with van der Waals surface area (Å²) in [5.74, 6) is 0.675. The maximum Gasteiger partial charge on any atom is 0.212 e. The molecule has 1 saturated carbocycles. The van der Waals surface area contributed by atoms with Gasteiger partial charge in [-0.2, -0.15) is 0 Å². The summed E-state index contributed by atoms with van der Waals surface area (Å²) in [5.41, 5.74) is 2.07. The van der Waals surface area contributed by atoms with Gasteiger partial charge < -0.3 is 10.1 Å². The van der Waals surface area contributed by atoms with Crippen LogP contribution in [0.3, 0.4) is 0 Å². The van der Waals surface area contributed by atoms with E-state index in [4.69, 9.17) is 4.74 Å². The molecule has 0 spiro atoms. The third kappa shape index (κ3) is 4.20. The molecule has 0 unspecified atom stereocenters. The first-order chi connectivity index (χ1) is 9.30. The zero-order valence-electron chi connectivity index (χ0n) is 13.5. The van der Waals surface area contributed by atoms with Gasteiger partial charge in [-0.05, 0) is 35.7 Å². The summed E-state index contributed by atoms with van der Waals surface area (Å²) in [4.78, 5) is 4.26. The molecule has 1 fully saturated rings. The summed E-state index contributed by atoms with van der Waals surface area (Å²) >= 11 is 0. The molecule has 112 valence electrons. The van der Waals surface area contributed by atoms with Gasteiger partial charge in [0.2, 0.25) is 5.88 Å². The maximum absolute atomic E-state index is 5.09. The van der Waals surface area contributed by atoms with Crippen LogP contribution in [0, 0.1) is 10.8 Å². The van der Waals surface area contributed by atoms with Crippen molar-refractivity contribution in [3.63, 3.8) is 0 Å². The molecule has 20 heavy (non-hydrogen) atoms. The summed E-state index contributed by atoms with van der Waals surface area (Å²) < 4.78 is 5.09. The van der Waals surface area contributed by atoms with Gasteiger partial charge in [0.25, 0.3) is 0 Å². The standard InChI is InChI=1S/C17H28N2O/c1-16(2)8-14(9-17(3,4)12-16)18-10-13-6-7-15(20-5)19-11-13/h6-7,11,14,18H,8-10,12H2,1-5H3. The molecule has 0 bridgehead atoms. The topological polar surface area (TPSA) is 34.1 Å². The molecule has 1 aromatic rings. The van der Waals surface area contributed by atoms with Gasteiger partial charge in [0, 0.05) is 24.8 Å². The Morgan fingerprint density at radius 3 is 2.35 bits per heavy atom. The van der Waals surface area contributed by atoms with Crippen molar-refractivity contribution < 1.29 is 4.74 Å². The van der Waals surface area contributed by atoms with Gasteiger partial charge in [0.05, 0.1) is 7.11 Å². The molecule has 1 heterocycles. The molecule has 1 aliphatic rings. The largest absolute Gasteiger partial charge is 0.481 e. The highest BCUT2D eigenvalue weighted by Gasteiger charge is 2.38. The number of hydrogen-bond donors (Lipinski definition) is 1. The average molecular weight is 276 g/mol. The zero-order valence-corrected chi connectivity index (χ0v) is 13.5. The van der Waals surface area contributed by atoms with Crippen molar-refractivity contribution in [2.24, 2.45) is 10.8 Å². The molecule has 0 saturated heterocycles. The predicted octanol–water partition coefficient (Wildman–Crippen LogP) is 3.78. The molecule has 3 heteroatoms. The molecule has 0 atom stereocenters. The van der Waals surface area contributed by atoms with Crippen LogP contribution in [0.1, 0.15) is 52.5 Å². The lowest BCUT2D eigenvalue weighted by Gasteiger charge is -2.45. The van der Waals surface area contributed by atoms with Crippen LogP contribution >= 0.6 is 0 Å². The molecule has 1 N–H and O–H groups in total. The SMILES string of the molecule is COc1ccc(CNC2CC(C)(C)CC(C)(C)C2)cn1. The van der Waals surface area contributed by atoms with Crippen LogP contribution in [-0.4, -0.2) is 18.1 Å². The lowest BCUT2D eigenvalue weighted by Crippen LogP contribution is -2.43. The summed E-state index contributed by atoms with van der Waals surface area (Å²) in [6.45, 7) is 10.4. The highest BCUT2D eigenvalue weighted by molar-refractivity contribution is 5.17. The van der Waals surface area contributed by atoms with Crippen molar-refractivity contribution in [1.29, 1.82) is 0 Å². The Morgan fingerprint density at radius 1 is 1.20 bits per heavy atom. The van der Waals surface area contributed by atoms with E-state index in [1.165, 1.54) is 24.8 Å². The number of nitrogens with one attached hydrogen (secondary N) is 1. The fourth-order valence-corrected chi connectivity index (χ4v) is 3.89. The molecule has 1 aliphatic carbocycles. The van der Waals surface area contributed by atoms with Gasteiger partial charge in [-0.15, -0.1) is 0 Å². The van der Waals surface area contributed by atoms with Crippen molar-refractivity contribution in [1.82, 2.24) is 10.3 Å². The summed E-state index contributed by atoms with van der Waals surface area (Å²) in [6.07, 6.45) is 5.70. The third-order valence-corrected chi connectivity index (χ3v) is 4.16. The maximum atomic E-state index is 5.09. The Kier molecular flexibility index (Phi) is 4.38. The molecule has 2 rings (SSSR count). The molecule has 0 aromatic carbocycles. The van der Waals surface area contributed by atoms with E-state index >= 15 is 0 Å². The Bertz CT molecular complexity index is 421. The minimum atomic E-state index is 0.428. The molecular formula is C17H28N2O. The van der Waals surface area contributed by atoms with E-state index in [0.717, 1.165) is 6.54 Å². The van der Waals surface area contributed by atoms with Gasteiger partial charge >= 0.3 is 0 Å². The first kappa shape index (κ1) is 15.3. The smallest absolute Gasteiger partial charge is 0.212 e. The van der Waals surface area contributed by atoms with E-state index < -0.39 is 0 Å². The highest BCUT2D eigenvalue weighted by atomic mass is 16.5. The highest BCUT2D eigenvalue weighted by Crippen LogP contribution is 2.45. The lowest BCUT2D eigenvalue weighted by atomic mass is 9.63. The van der Waals surface area contributed by atoms with Gasteiger partial charge in [-0.1, -0.05) is 33.8 Å². The Hall–Kier alpha value is -1.09. The van der Waals surface area contributed by atoms with E-state index in [2.05, 4.69) is 44.1 Å². The van der Waals surface area contributed by atoms with Gasteiger partial charge in [0.15, 0.2) is 0 Å². The van der Waals surface area contributed by atoms with Crippen LogP contribution in [0.4, 0.5) is 0 Å². The molecule has 3 nitrogen and oxygen atoms in total. The second kappa shape index (κ2) is 5.72. The molecule has 1 aromatic heterocycles. The predicted molar refractivity (Wildman–Crippen MR) is 82.8 cm³/mol. The quantitative estimate of drug-likeness (QED) is 0.908. The summed E-state index contributed by atoms with van der Waals surface area (Å²) in [6, 6.07) is 4.60. The normalized spacial score (nSPS) is 21.6. The number of aromatic nitrogens is 1. The van der Waals surface area contributed by atoms with Crippen molar-refractivity contribution >= 4 is 0 Å². The number of nitrogens with zero attached hydrogens (tertiary/aromatic N) is 1. The van der Waals surface area contributed by atoms with Crippen molar-refractivity contribution in [2.45, 2.75) is 59.5 Å². The van der Waals surface area contributed by atoms with Crippen molar-refractivity contribution in [2.75, 3.05) is 7.11 Å². The molecular weight excluding hydrogens is 248 g/mol. The van der Waals surface area contributed by atoms with Crippen LogP contribution < -0.4 is 10.1 Å². The third-order valence-electron chi connectivity index (χ3n) is 4.16. The van der Waals surface area contributed by atoms with Gasteiger partial charge in [0.1, 0.15) is 0 Å². The van der Waals surface area contributed by atoms with Crippen molar-refractivity contribution in [3.8, 4) is 5.88 Å². The number of pyridine rings is 1. The second-order valence-electron chi connectivity index (χ2n) is 7.70. The van der Waals surface area contributed by atoms with Crippen LogP contribution in [-0.2, 0) is 6.54 Å². The summed E-state index contributed by atoms with van der Waals surface area (Å²) in [7, 11) is 1.65. The average Bonchev–Trinajstić information content (AvgIpc) is 2.33. The fourth-order valence-electron chi connectivity index (χ4n) is 3.89. The van der Waals surface area contributed by atoms with E-state index in [-0.39, 0.29) is 0 Å². The fraction of sp³-hybridized carbons (Fsp3) is 0.706. The Balaban J connectivity index is 1.92. The van der Waals surface area contributed by atoms with Crippen LogP contribution in [0.25, 0.3) is 0 Å². The molecule has 0 aliphatic heterocycles. The van der Waals surface area contributed by atoms with Crippen LogP contribution in [0.15, 0.2) is 18.3 Å². The molecule has 0 amide bonds. The van der Waals surface area contributed by atoms with E-state index in [9.17, 15) is 0 Å². The number of ether oxygens (including phenoxy) is 1. The van der Waals surface area contributed by atoms with Crippen LogP contribution in [0.2, 0.25) is 0 Å². The van der Waals surface area contributed by atoms with E-state index in [1.807, 2.05) is 12.3 Å². The first-order valence-electron chi connectivity index (χ1n) is 7.52. The number of methoxy groups -OCH3 is 1. The molecule has 0 radical (unpaired) electrons. The summed E-state index contributed by atoms with van der Waals surface area (Å²) in [5, 5.41) is 3.71. The van der Waals surface area contributed by atoms with Gasteiger partial charge in [-0.25, -0.2) is 4.98 Å². The minimum absolute atomic E-state index is 0.428.